The van der Waals surface area contributed by atoms with Gasteiger partial charge in [0.25, 0.3) is 0 Å². The van der Waals surface area contributed by atoms with Crippen LogP contribution < -0.4 is 4.74 Å². The van der Waals surface area contributed by atoms with Crippen molar-refractivity contribution in [3.63, 3.8) is 0 Å². The molecule has 7 heteroatoms. The van der Waals surface area contributed by atoms with E-state index in [2.05, 4.69) is 15.0 Å². The average Bonchev–Trinajstić information content (AvgIpc) is 2.68. The predicted octanol–water partition coefficient (Wildman–Crippen LogP) is 2.85. The number of aryl methyl sites for hydroxylation is 1. The van der Waals surface area contributed by atoms with Gasteiger partial charge in [0.1, 0.15) is 5.82 Å². The SMILES string of the molecule is CCOc1ccc2[nH]c(CCC(F)(F)F)nc2n1. The maximum atomic E-state index is 12.1. The molecule has 2 rings (SSSR count). The zero-order valence-corrected chi connectivity index (χ0v) is 9.71. The summed E-state index contributed by atoms with van der Waals surface area (Å²) < 4.78 is 41.4. The lowest BCUT2D eigenvalue weighted by Crippen LogP contribution is -2.09. The molecule has 0 radical (unpaired) electrons. The third kappa shape index (κ3) is 3.12. The largest absolute Gasteiger partial charge is 0.478 e. The van der Waals surface area contributed by atoms with Gasteiger partial charge < -0.3 is 9.72 Å². The number of ether oxygens (including phenoxy) is 1. The molecule has 0 aromatic carbocycles. The van der Waals surface area contributed by atoms with Gasteiger partial charge in [0.05, 0.1) is 18.5 Å². The lowest BCUT2D eigenvalue weighted by molar-refractivity contribution is -0.134. The minimum Gasteiger partial charge on any atom is -0.478 e. The van der Waals surface area contributed by atoms with E-state index in [9.17, 15) is 13.2 Å². The van der Waals surface area contributed by atoms with Gasteiger partial charge in [-0.3, -0.25) is 0 Å². The van der Waals surface area contributed by atoms with Crippen molar-refractivity contribution >= 4 is 11.2 Å². The van der Waals surface area contributed by atoms with E-state index in [1.807, 2.05) is 6.92 Å². The first kappa shape index (κ1) is 12.7. The highest BCUT2D eigenvalue weighted by molar-refractivity contribution is 5.71. The maximum Gasteiger partial charge on any atom is 0.389 e. The van der Waals surface area contributed by atoms with Crippen molar-refractivity contribution in [1.82, 2.24) is 15.0 Å². The molecule has 2 heterocycles. The molecule has 98 valence electrons. The van der Waals surface area contributed by atoms with Crippen molar-refractivity contribution in [3.8, 4) is 5.88 Å². The molecule has 0 saturated carbocycles. The summed E-state index contributed by atoms with van der Waals surface area (Å²) in [6.45, 7) is 2.30. The Morgan fingerprint density at radius 3 is 2.72 bits per heavy atom. The van der Waals surface area contributed by atoms with Crippen molar-refractivity contribution in [2.75, 3.05) is 6.61 Å². The topological polar surface area (TPSA) is 50.8 Å². The number of pyridine rings is 1. The number of nitrogens with zero attached hydrogens (tertiary/aromatic N) is 2. The molecule has 1 N–H and O–H groups in total. The molecule has 0 spiro atoms. The zero-order valence-electron chi connectivity index (χ0n) is 9.71. The zero-order chi connectivity index (χ0) is 13.2. The summed E-state index contributed by atoms with van der Waals surface area (Å²) in [6, 6.07) is 3.34. The van der Waals surface area contributed by atoms with Crippen LogP contribution in [0, 0.1) is 0 Å². The minimum atomic E-state index is -4.18. The normalized spacial score (nSPS) is 12.0. The lowest BCUT2D eigenvalue weighted by Gasteiger charge is -2.02. The molecule has 0 aliphatic rings. The molecule has 2 aromatic heterocycles. The molecule has 0 fully saturated rings. The number of alkyl halides is 3. The number of halogens is 3. The van der Waals surface area contributed by atoms with Gasteiger partial charge in [0.2, 0.25) is 5.88 Å². The first-order chi connectivity index (χ1) is 8.48. The standard InChI is InChI=1S/C11H12F3N3O/c1-2-18-9-4-3-7-10(17-9)16-8(15-7)5-6-11(12,13)14/h3-4H,2,5-6H2,1H3,(H,15,16,17). The fraction of sp³-hybridized carbons (Fsp3) is 0.455. The van der Waals surface area contributed by atoms with Crippen molar-refractivity contribution in [2.24, 2.45) is 0 Å². The Hall–Kier alpha value is -1.79. The van der Waals surface area contributed by atoms with Crippen LogP contribution in [0.15, 0.2) is 12.1 Å². The van der Waals surface area contributed by atoms with Gasteiger partial charge in [0, 0.05) is 12.5 Å². The second-order valence-corrected chi connectivity index (χ2v) is 3.75. The van der Waals surface area contributed by atoms with E-state index >= 15 is 0 Å². The van der Waals surface area contributed by atoms with Crippen LogP contribution in [0.2, 0.25) is 0 Å². The van der Waals surface area contributed by atoms with Crippen LogP contribution in [0.25, 0.3) is 11.2 Å². The van der Waals surface area contributed by atoms with E-state index in [0.29, 0.717) is 23.7 Å². The number of aromatic nitrogens is 3. The van der Waals surface area contributed by atoms with Crippen molar-refractivity contribution in [3.05, 3.63) is 18.0 Å². The number of hydrogen-bond donors (Lipinski definition) is 1. The second-order valence-electron chi connectivity index (χ2n) is 3.75. The quantitative estimate of drug-likeness (QED) is 0.918. The van der Waals surface area contributed by atoms with E-state index in [1.165, 1.54) is 0 Å². The maximum absolute atomic E-state index is 12.1. The molecule has 0 unspecified atom stereocenters. The van der Waals surface area contributed by atoms with E-state index in [0.717, 1.165) is 0 Å². The summed E-state index contributed by atoms with van der Waals surface area (Å²) in [6.07, 6.45) is -5.25. The molecule has 2 aromatic rings. The second kappa shape index (κ2) is 4.83. The smallest absolute Gasteiger partial charge is 0.389 e. The molecule has 0 bridgehead atoms. The molecular formula is C11H12F3N3O. The summed E-state index contributed by atoms with van der Waals surface area (Å²) in [5.74, 6) is 0.697. The molecule has 18 heavy (non-hydrogen) atoms. The Morgan fingerprint density at radius 2 is 2.06 bits per heavy atom. The molecule has 4 nitrogen and oxygen atoms in total. The van der Waals surface area contributed by atoms with E-state index in [4.69, 9.17) is 4.74 Å². The third-order valence-corrected chi connectivity index (χ3v) is 2.31. The Bertz CT molecular complexity index is 536. The first-order valence-corrected chi connectivity index (χ1v) is 5.53. The van der Waals surface area contributed by atoms with E-state index in [1.54, 1.807) is 12.1 Å². The van der Waals surface area contributed by atoms with Crippen LogP contribution in [-0.4, -0.2) is 27.7 Å². The monoisotopic (exact) mass is 259 g/mol. The number of rotatable bonds is 4. The molecule has 0 aliphatic carbocycles. The van der Waals surface area contributed by atoms with Gasteiger partial charge in [0.15, 0.2) is 5.65 Å². The van der Waals surface area contributed by atoms with Gasteiger partial charge >= 0.3 is 6.18 Å². The fourth-order valence-corrected chi connectivity index (χ4v) is 1.53. The number of H-pyrrole nitrogens is 1. The van der Waals surface area contributed by atoms with Crippen LogP contribution in [0.3, 0.4) is 0 Å². The minimum absolute atomic E-state index is 0.177. The third-order valence-electron chi connectivity index (χ3n) is 2.31. The molecule has 0 saturated heterocycles. The molecule has 0 atom stereocenters. The van der Waals surface area contributed by atoms with E-state index < -0.39 is 12.6 Å². The van der Waals surface area contributed by atoms with Crippen molar-refractivity contribution in [1.29, 1.82) is 0 Å². The summed E-state index contributed by atoms with van der Waals surface area (Å²) in [5.41, 5.74) is 0.980. The summed E-state index contributed by atoms with van der Waals surface area (Å²) in [4.78, 5) is 10.9. The van der Waals surface area contributed by atoms with Crippen LogP contribution in [-0.2, 0) is 6.42 Å². The van der Waals surface area contributed by atoms with Crippen LogP contribution >= 0.6 is 0 Å². The van der Waals surface area contributed by atoms with Gasteiger partial charge in [-0.15, -0.1) is 0 Å². The summed E-state index contributed by atoms with van der Waals surface area (Å²) >= 11 is 0. The molecule has 0 amide bonds. The Kier molecular flexibility index (Phi) is 3.40. The van der Waals surface area contributed by atoms with Gasteiger partial charge in [-0.25, -0.2) is 4.98 Å². The van der Waals surface area contributed by atoms with Crippen LogP contribution in [0.5, 0.6) is 5.88 Å². The lowest BCUT2D eigenvalue weighted by atomic mass is 10.3. The highest BCUT2D eigenvalue weighted by Crippen LogP contribution is 2.22. The number of hydrogen-bond acceptors (Lipinski definition) is 3. The summed E-state index contributed by atoms with van der Waals surface area (Å²) in [5, 5.41) is 0. The Balaban J connectivity index is 2.16. The highest BCUT2D eigenvalue weighted by atomic mass is 19.4. The van der Waals surface area contributed by atoms with Gasteiger partial charge in [-0.05, 0) is 13.0 Å². The average molecular weight is 259 g/mol. The Morgan fingerprint density at radius 1 is 1.28 bits per heavy atom. The van der Waals surface area contributed by atoms with Gasteiger partial charge in [-0.1, -0.05) is 0 Å². The van der Waals surface area contributed by atoms with Crippen molar-refractivity contribution < 1.29 is 17.9 Å². The number of fused-ring (bicyclic) bond motifs is 1. The predicted molar refractivity (Wildman–Crippen MR) is 59.4 cm³/mol. The molecular weight excluding hydrogens is 247 g/mol. The molecule has 0 aliphatic heterocycles. The fourth-order valence-electron chi connectivity index (χ4n) is 1.53. The first-order valence-electron chi connectivity index (χ1n) is 5.53. The Labute approximate surface area is 101 Å². The number of nitrogens with one attached hydrogen (secondary N) is 1. The number of imidazole rings is 1. The number of aromatic amines is 1. The van der Waals surface area contributed by atoms with Crippen molar-refractivity contribution in [2.45, 2.75) is 25.9 Å². The van der Waals surface area contributed by atoms with E-state index in [-0.39, 0.29) is 12.2 Å². The van der Waals surface area contributed by atoms with Crippen LogP contribution in [0.1, 0.15) is 19.2 Å². The highest BCUT2D eigenvalue weighted by Gasteiger charge is 2.27. The van der Waals surface area contributed by atoms with Crippen LogP contribution in [0.4, 0.5) is 13.2 Å². The van der Waals surface area contributed by atoms with Gasteiger partial charge in [-0.2, -0.15) is 18.2 Å². The summed E-state index contributed by atoms with van der Waals surface area (Å²) in [7, 11) is 0.